The number of fused-ring (bicyclic) bond motifs is 3. The Hall–Kier alpha value is -2.04. The van der Waals surface area contributed by atoms with Crippen molar-refractivity contribution in [2.45, 2.75) is 45.9 Å². The number of nitrogens with one attached hydrogen (secondary N) is 1. The van der Waals surface area contributed by atoms with E-state index in [1.54, 1.807) is 7.11 Å². The number of nitrogens with zero attached hydrogens (tertiary/aromatic N) is 1. The molecule has 0 spiro atoms. The van der Waals surface area contributed by atoms with Crippen molar-refractivity contribution in [2.75, 3.05) is 13.7 Å². The predicted molar refractivity (Wildman–Crippen MR) is 104 cm³/mol. The van der Waals surface area contributed by atoms with E-state index >= 15 is 0 Å². The van der Waals surface area contributed by atoms with Gasteiger partial charge in [-0.05, 0) is 42.5 Å². The fraction of sp³-hybridized carbons (Fsp3) is 0.455. The second kappa shape index (κ2) is 7.29. The maximum atomic E-state index is 5.95. The summed E-state index contributed by atoms with van der Waals surface area (Å²) in [6.07, 6.45) is 2.23. The van der Waals surface area contributed by atoms with Crippen molar-refractivity contribution in [3.05, 3.63) is 59.2 Å². The fourth-order valence-corrected chi connectivity index (χ4v) is 4.20. The molecule has 0 saturated heterocycles. The van der Waals surface area contributed by atoms with E-state index in [0.717, 1.165) is 37.5 Å². The van der Waals surface area contributed by atoms with Crippen LogP contribution >= 0.6 is 0 Å². The lowest BCUT2D eigenvalue weighted by atomic mass is 9.91. The maximum absolute atomic E-state index is 5.95. The van der Waals surface area contributed by atoms with Gasteiger partial charge in [-0.2, -0.15) is 0 Å². The van der Waals surface area contributed by atoms with E-state index in [1.165, 1.54) is 22.2 Å². The first-order chi connectivity index (χ1) is 12.7. The second-order valence-electron chi connectivity index (χ2n) is 7.73. The number of hydrogen-bond acceptors (Lipinski definition) is 3. The molecule has 4 nitrogen and oxygen atoms in total. The topological polar surface area (TPSA) is 41.4 Å². The monoisotopic (exact) mass is 352 g/mol. The number of ether oxygens (including phenoxy) is 1. The summed E-state index contributed by atoms with van der Waals surface area (Å²) in [5.74, 6) is 2.55. The van der Waals surface area contributed by atoms with Gasteiger partial charge in [-0.25, -0.2) is 0 Å². The first-order valence-corrected chi connectivity index (χ1v) is 9.55. The van der Waals surface area contributed by atoms with Crippen molar-refractivity contribution in [3.63, 3.8) is 0 Å². The van der Waals surface area contributed by atoms with E-state index in [2.05, 4.69) is 54.1 Å². The summed E-state index contributed by atoms with van der Waals surface area (Å²) in [6, 6.07) is 13.2. The first-order valence-electron chi connectivity index (χ1n) is 9.55. The highest BCUT2D eigenvalue weighted by molar-refractivity contribution is 5.85. The highest BCUT2D eigenvalue weighted by Gasteiger charge is 2.31. The molecule has 0 fully saturated rings. The van der Waals surface area contributed by atoms with Crippen molar-refractivity contribution in [1.29, 1.82) is 0 Å². The SMILES string of the molecule is COCc1ccc(CN2CCc3c([nH]c4ccccc34)C2CC(C)C)o1. The van der Waals surface area contributed by atoms with Crippen LogP contribution in [0.25, 0.3) is 10.9 Å². The smallest absolute Gasteiger partial charge is 0.129 e. The zero-order valence-electron chi connectivity index (χ0n) is 15.9. The van der Waals surface area contributed by atoms with Gasteiger partial charge >= 0.3 is 0 Å². The molecule has 1 unspecified atom stereocenters. The average Bonchev–Trinajstić information content (AvgIpc) is 3.21. The lowest BCUT2D eigenvalue weighted by Gasteiger charge is -2.36. The number of methoxy groups -OCH3 is 1. The lowest BCUT2D eigenvalue weighted by Crippen LogP contribution is -2.35. The number of hydrogen-bond donors (Lipinski definition) is 1. The molecule has 1 atom stereocenters. The normalized spacial score (nSPS) is 17.9. The van der Waals surface area contributed by atoms with E-state index < -0.39 is 0 Å². The minimum absolute atomic E-state index is 0.405. The molecule has 0 aliphatic carbocycles. The van der Waals surface area contributed by atoms with Gasteiger partial charge in [0.25, 0.3) is 0 Å². The van der Waals surface area contributed by atoms with Gasteiger partial charge in [0, 0.05) is 30.3 Å². The minimum atomic E-state index is 0.405. The van der Waals surface area contributed by atoms with Gasteiger partial charge in [-0.15, -0.1) is 0 Å². The summed E-state index contributed by atoms with van der Waals surface area (Å²) >= 11 is 0. The number of para-hydroxylation sites is 1. The first kappa shape index (κ1) is 17.4. The molecular formula is C22H28N2O2. The third-order valence-corrected chi connectivity index (χ3v) is 5.33. The van der Waals surface area contributed by atoms with Crippen LogP contribution in [-0.4, -0.2) is 23.5 Å². The number of aromatic nitrogens is 1. The molecule has 0 amide bonds. The van der Waals surface area contributed by atoms with Gasteiger partial charge in [-0.1, -0.05) is 32.0 Å². The summed E-state index contributed by atoms with van der Waals surface area (Å²) in [6.45, 7) is 7.04. The number of rotatable bonds is 6. The average molecular weight is 352 g/mol. The highest BCUT2D eigenvalue weighted by Crippen LogP contribution is 2.38. The standard InChI is InChI=1S/C22H28N2O2/c1-15(2)12-21-22-19(18-6-4-5-7-20(18)23-22)10-11-24(21)13-16-8-9-17(26-16)14-25-3/h4-9,15,21,23H,10-14H2,1-3H3. The Bertz CT molecular complexity index is 877. The molecule has 1 aromatic carbocycles. The molecule has 0 radical (unpaired) electrons. The fourth-order valence-electron chi connectivity index (χ4n) is 4.20. The Labute approximate surface area is 155 Å². The number of aromatic amines is 1. The predicted octanol–water partition coefficient (Wildman–Crippen LogP) is 5.05. The van der Waals surface area contributed by atoms with Gasteiger partial charge < -0.3 is 14.1 Å². The molecule has 0 bridgehead atoms. The van der Waals surface area contributed by atoms with Crippen LogP contribution in [0.4, 0.5) is 0 Å². The van der Waals surface area contributed by atoms with Crippen molar-refractivity contribution >= 4 is 10.9 Å². The Morgan fingerprint density at radius 3 is 2.81 bits per heavy atom. The van der Waals surface area contributed by atoms with Crippen LogP contribution in [0.5, 0.6) is 0 Å². The summed E-state index contributed by atoms with van der Waals surface area (Å²) in [5.41, 5.74) is 4.16. The number of furan rings is 1. The van der Waals surface area contributed by atoms with E-state index in [4.69, 9.17) is 9.15 Å². The molecule has 1 N–H and O–H groups in total. The summed E-state index contributed by atoms with van der Waals surface area (Å²) in [5, 5.41) is 1.39. The van der Waals surface area contributed by atoms with Crippen LogP contribution in [0.1, 0.15) is 49.1 Å². The Kier molecular flexibility index (Phi) is 4.88. The molecule has 26 heavy (non-hydrogen) atoms. The molecule has 4 rings (SSSR count). The van der Waals surface area contributed by atoms with Crippen LogP contribution in [0.3, 0.4) is 0 Å². The summed E-state index contributed by atoms with van der Waals surface area (Å²) in [4.78, 5) is 6.28. The summed E-state index contributed by atoms with van der Waals surface area (Å²) in [7, 11) is 1.70. The summed E-state index contributed by atoms with van der Waals surface area (Å²) < 4.78 is 11.1. The van der Waals surface area contributed by atoms with E-state index in [-0.39, 0.29) is 0 Å². The molecule has 3 aromatic rings. The zero-order chi connectivity index (χ0) is 18.1. The largest absolute Gasteiger partial charge is 0.462 e. The van der Waals surface area contributed by atoms with Crippen LogP contribution in [0.2, 0.25) is 0 Å². The molecule has 0 saturated carbocycles. The Balaban J connectivity index is 1.64. The molecule has 138 valence electrons. The molecular weight excluding hydrogens is 324 g/mol. The number of H-pyrrole nitrogens is 1. The van der Waals surface area contributed by atoms with Crippen LogP contribution in [-0.2, 0) is 24.3 Å². The van der Waals surface area contributed by atoms with E-state index in [1.807, 2.05) is 6.07 Å². The third kappa shape index (κ3) is 3.31. The van der Waals surface area contributed by atoms with E-state index in [0.29, 0.717) is 18.6 Å². The van der Waals surface area contributed by atoms with Gasteiger partial charge in [0.1, 0.15) is 18.1 Å². The Morgan fingerprint density at radius 1 is 1.19 bits per heavy atom. The van der Waals surface area contributed by atoms with Crippen LogP contribution in [0.15, 0.2) is 40.8 Å². The van der Waals surface area contributed by atoms with Gasteiger partial charge in [-0.3, -0.25) is 4.90 Å². The quantitative estimate of drug-likeness (QED) is 0.675. The van der Waals surface area contributed by atoms with Crippen LogP contribution < -0.4 is 0 Å². The van der Waals surface area contributed by atoms with Crippen molar-refractivity contribution in [1.82, 2.24) is 9.88 Å². The molecule has 2 aromatic heterocycles. The maximum Gasteiger partial charge on any atom is 0.129 e. The zero-order valence-corrected chi connectivity index (χ0v) is 15.9. The lowest BCUT2D eigenvalue weighted by molar-refractivity contribution is 0.132. The third-order valence-electron chi connectivity index (χ3n) is 5.33. The molecule has 4 heteroatoms. The molecule has 1 aliphatic rings. The van der Waals surface area contributed by atoms with Crippen molar-refractivity contribution < 1.29 is 9.15 Å². The highest BCUT2D eigenvalue weighted by atomic mass is 16.5. The van der Waals surface area contributed by atoms with Crippen LogP contribution in [0, 0.1) is 5.92 Å². The van der Waals surface area contributed by atoms with Gasteiger partial charge in [0.05, 0.1) is 12.6 Å². The van der Waals surface area contributed by atoms with Gasteiger partial charge in [0.15, 0.2) is 0 Å². The molecule has 1 aliphatic heterocycles. The molecule has 3 heterocycles. The minimum Gasteiger partial charge on any atom is -0.462 e. The number of benzene rings is 1. The second-order valence-corrected chi connectivity index (χ2v) is 7.73. The van der Waals surface area contributed by atoms with Crippen molar-refractivity contribution in [2.24, 2.45) is 5.92 Å². The van der Waals surface area contributed by atoms with Crippen molar-refractivity contribution in [3.8, 4) is 0 Å². The van der Waals surface area contributed by atoms with E-state index in [9.17, 15) is 0 Å². The Morgan fingerprint density at radius 2 is 2.00 bits per heavy atom. The van der Waals surface area contributed by atoms with Gasteiger partial charge in [0.2, 0.25) is 0 Å².